The molecule has 0 atom stereocenters. The van der Waals surface area contributed by atoms with Crippen LogP contribution in [-0.4, -0.2) is 47.0 Å². The van der Waals surface area contributed by atoms with E-state index in [0.29, 0.717) is 12.6 Å². The zero-order chi connectivity index (χ0) is 21.1. The van der Waals surface area contributed by atoms with Crippen molar-refractivity contribution in [3.05, 3.63) is 71.7 Å². The summed E-state index contributed by atoms with van der Waals surface area (Å²) in [6, 6.07) is 16.1. The van der Waals surface area contributed by atoms with Gasteiger partial charge in [-0.05, 0) is 60.0 Å². The Morgan fingerprint density at radius 3 is 2.47 bits per heavy atom. The van der Waals surface area contributed by atoms with Crippen molar-refractivity contribution in [1.29, 1.82) is 0 Å². The maximum atomic E-state index is 13.1. The maximum absolute atomic E-state index is 13.1. The SMILES string of the molecule is CC(=O)N(C)Cc1ccc2ccn(C3CCN(CCc4ccc(F)cc4)CC3)c2c1. The summed E-state index contributed by atoms with van der Waals surface area (Å²) in [7, 11) is 1.84. The number of carbonyl (C=O) groups excluding carboxylic acids is 1. The first-order chi connectivity index (χ1) is 14.5. The molecular weight excluding hydrogens is 377 g/mol. The second-order valence-corrected chi connectivity index (χ2v) is 8.44. The Kier molecular flexibility index (Phi) is 6.18. The molecule has 5 heteroatoms. The number of piperidine rings is 1. The van der Waals surface area contributed by atoms with Gasteiger partial charge in [-0.25, -0.2) is 4.39 Å². The van der Waals surface area contributed by atoms with Gasteiger partial charge < -0.3 is 14.4 Å². The van der Waals surface area contributed by atoms with Crippen LogP contribution < -0.4 is 0 Å². The van der Waals surface area contributed by atoms with Crippen LogP contribution in [0.4, 0.5) is 4.39 Å². The molecule has 2 aromatic carbocycles. The average Bonchev–Trinajstić information content (AvgIpc) is 3.17. The number of hydrogen-bond acceptors (Lipinski definition) is 2. The van der Waals surface area contributed by atoms with E-state index in [2.05, 4.69) is 39.9 Å². The third kappa shape index (κ3) is 4.73. The lowest BCUT2D eigenvalue weighted by Gasteiger charge is -2.33. The zero-order valence-corrected chi connectivity index (χ0v) is 17.9. The first-order valence-electron chi connectivity index (χ1n) is 10.8. The summed E-state index contributed by atoms with van der Waals surface area (Å²) in [5.41, 5.74) is 3.61. The normalized spacial score (nSPS) is 15.6. The van der Waals surface area contributed by atoms with E-state index in [0.717, 1.165) is 44.5 Å². The molecule has 2 heterocycles. The van der Waals surface area contributed by atoms with Crippen LogP contribution in [-0.2, 0) is 17.8 Å². The summed E-state index contributed by atoms with van der Waals surface area (Å²) in [5, 5.41) is 1.25. The highest BCUT2D eigenvalue weighted by atomic mass is 19.1. The average molecular weight is 408 g/mol. The first kappa shape index (κ1) is 20.6. The highest BCUT2D eigenvalue weighted by molar-refractivity contribution is 5.81. The quantitative estimate of drug-likeness (QED) is 0.596. The fourth-order valence-electron chi connectivity index (χ4n) is 4.36. The molecule has 0 saturated carbocycles. The summed E-state index contributed by atoms with van der Waals surface area (Å²) in [4.78, 5) is 15.8. The number of rotatable bonds is 6. The number of aromatic nitrogens is 1. The fourth-order valence-corrected chi connectivity index (χ4v) is 4.36. The zero-order valence-electron chi connectivity index (χ0n) is 17.9. The van der Waals surface area contributed by atoms with Gasteiger partial charge in [-0.1, -0.05) is 24.3 Å². The van der Waals surface area contributed by atoms with Crippen molar-refractivity contribution in [3.63, 3.8) is 0 Å². The highest BCUT2D eigenvalue weighted by Crippen LogP contribution is 2.28. The highest BCUT2D eigenvalue weighted by Gasteiger charge is 2.21. The summed E-state index contributed by atoms with van der Waals surface area (Å²) in [5.74, 6) is -0.0897. The Labute approximate surface area is 177 Å². The van der Waals surface area contributed by atoms with Gasteiger partial charge in [0.2, 0.25) is 5.91 Å². The van der Waals surface area contributed by atoms with E-state index in [-0.39, 0.29) is 11.7 Å². The molecule has 158 valence electrons. The molecule has 1 amide bonds. The maximum Gasteiger partial charge on any atom is 0.219 e. The Hall–Kier alpha value is -2.66. The molecule has 4 rings (SSSR count). The predicted octanol–water partition coefficient (Wildman–Crippen LogP) is 4.64. The summed E-state index contributed by atoms with van der Waals surface area (Å²) < 4.78 is 15.5. The smallest absolute Gasteiger partial charge is 0.219 e. The molecule has 30 heavy (non-hydrogen) atoms. The van der Waals surface area contributed by atoms with Crippen LogP contribution in [0.3, 0.4) is 0 Å². The summed E-state index contributed by atoms with van der Waals surface area (Å²) in [6.45, 7) is 5.42. The van der Waals surface area contributed by atoms with Crippen molar-refractivity contribution in [2.24, 2.45) is 0 Å². The van der Waals surface area contributed by atoms with Gasteiger partial charge in [0, 0.05) is 57.9 Å². The Balaban J connectivity index is 1.38. The van der Waals surface area contributed by atoms with Crippen LogP contribution in [0.15, 0.2) is 54.7 Å². The third-order valence-electron chi connectivity index (χ3n) is 6.33. The molecular formula is C25H30FN3O. The largest absolute Gasteiger partial charge is 0.344 e. The Bertz CT molecular complexity index is 1000. The van der Waals surface area contributed by atoms with E-state index < -0.39 is 0 Å². The van der Waals surface area contributed by atoms with Crippen molar-refractivity contribution >= 4 is 16.8 Å². The van der Waals surface area contributed by atoms with E-state index in [1.54, 1.807) is 24.0 Å². The Morgan fingerprint density at radius 1 is 1.07 bits per heavy atom. The van der Waals surface area contributed by atoms with Crippen LogP contribution in [0, 0.1) is 5.82 Å². The minimum Gasteiger partial charge on any atom is -0.344 e. The predicted molar refractivity (Wildman–Crippen MR) is 119 cm³/mol. The van der Waals surface area contributed by atoms with Gasteiger partial charge in [0.05, 0.1) is 0 Å². The molecule has 4 nitrogen and oxygen atoms in total. The molecule has 3 aromatic rings. The van der Waals surface area contributed by atoms with E-state index in [1.807, 2.05) is 19.2 Å². The van der Waals surface area contributed by atoms with Crippen molar-refractivity contribution in [1.82, 2.24) is 14.4 Å². The van der Waals surface area contributed by atoms with Crippen LogP contribution >= 0.6 is 0 Å². The standard InChI is InChI=1S/C25H30FN3O/c1-19(30)27(2)18-21-3-6-22-10-16-29(25(22)17-21)24-11-14-28(15-12-24)13-9-20-4-7-23(26)8-5-20/h3-8,10,16-17,24H,9,11-15,18H2,1-2H3. The van der Waals surface area contributed by atoms with Crippen LogP contribution in [0.25, 0.3) is 10.9 Å². The van der Waals surface area contributed by atoms with E-state index in [4.69, 9.17) is 0 Å². The van der Waals surface area contributed by atoms with Crippen molar-refractivity contribution in [3.8, 4) is 0 Å². The monoisotopic (exact) mass is 407 g/mol. The van der Waals surface area contributed by atoms with Gasteiger partial charge in [0.25, 0.3) is 0 Å². The van der Waals surface area contributed by atoms with Crippen LogP contribution in [0.2, 0.25) is 0 Å². The van der Waals surface area contributed by atoms with Gasteiger partial charge in [0.15, 0.2) is 0 Å². The molecule has 1 aliphatic rings. The molecule has 0 N–H and O–H groups in total. The number of likely N-dealkylation sites (tertiary alicyclic amines) is 1. The number of amides is 1. The molecule has 0 radical (unpaired) electrons. The van der Waals surface area contributed by atoms with Crippen molar-refractivity contribution in [2.75, 3.05) is 26.7 Å². The Morgan fingerprint density at radius 2 is 1.77 bits per heavy atom. The summed E-state index contributed by atoms with van der Waals surface area (Å²) in [6.07, 6.45) is 5.43. The second-order valence-electron chi connectivity index (χ2n) is 8.44. The second kappa shape index (κ2) is 9.00. The van der Waals surface area contributed by atoms with Crippen LogP contribution in [0.1, 0.15) is 36.9 Å². The van der Waals surface area contributed by atoms with Gasteiger partial charge in [-0.3, -0.25) is 4.79 Å². The van der Waals surface area contributed by atoms with Crippen LogP contribution in [0.5, 0.6) is 0 Å². The molecule has 1 saturated heterocycles. The van der Waals surface area contributed by atoms with E-state index >= 15 is 0 Å². The molecule has 0 spiro atoms. The van der Waals surface area contributed by atoms with Gasteiger partial charge in [-0.15, -0.1) is 0 Å². The minimum absolute atomic E-state index is 0.0819. The van der Waals surface area contributed by atoms with Gasteiger partial charge in [-0.2, -0.15) is 0 Å². The third-order valence-corrected chi connectivity index (χ3v) is 6.33. The van der Waals surface area contributed by atoms with Crippen molar-refractivity contribution in [2.45, 2.75) is 38.8 Å². The molecule has 1 aromatic heterocycles. The van der Waals surface area contributed by atoms with E-state index in [9.17, 15) is 9.18 Å². The summed E-state index contributed by atoms with van der Waals surface area (Å²) >= 11 is 0. The molecule has 0 unspecified atom stereocenters. The first-order valence-corrected chi connectivity index (χ1v) is 10.8. The number of fused-ring (bicyclic) bond motifs is 1. The molecule has 0 aliphatic carbocycles. The topological polar surface area (TPSA) is 28.5 Å². The molecule has 1 aliphatic heterocycles. The number of benzene rings is 2. The molecule has 1 fully saturated rings. The van der Waals surface area contributed by atoms with Gasteiger partial charge in [0.1, 0.15) is 5.82 Å². The minimum atomic E-state index is -0.172. The number of nitrogens with zero attached hydrogens (tertiary/aromatic N) is 3. The van der Waals surface area contributed by atoms with Gasteiger partial charge >= 0.3 is 0 Å². The van der Waals surface area contributed by atoms with E-state index in [1.165, 1.54) is 16.5 Å². The number of carbonyl (C=O) groups is 1. The lowest BCUT2D eigenvalue weighted by molar-refractivity contribution is -0.128. The fraction of sp³-hybridized carbons (Fsp3) is 0.400. The molecule has 0 bridgehead atoms. The number of hydrogen-bond donors (Lipinski definition) is 0. The lowest BCUT2D eigenvalue weighted by Crippen LogP contribution is -2.35. The number of halogens is 1. The lowest BCUT2D eigenvalue weighted by atomic mass is 10.0. The van der Waals surface area contributed by atoms with Crippen molar-refractivity contribution < 1.29 is 9.18 Å².